The molecule has 0 bridgehead atoms. The van der Waals surface area contributed by atoms with Crippen LogP contribution in [0.5, 0.6) is 0 Å². The maximum Gasteiger partial charge on any atom is 0.0707 e. The SMILES string of the molecule is C.CC.Cc1cc(-c2cc3c(cc2C)C(C)(C)C(C)(C)C3(C)C)ncc1-c1ccccc1. The lowest BCUT2D eigenvalue weighted by molar-refractivity contribution is 0.125. The van der Waals surface area contributed by atoms with Crippen molar-refractivity contribution in [3.8, 4) is 22.4 Å². The predicted octanol–water partition coefficient (Wildman–Crippen LogP) is 9.29. The van der Waals surface area contributed by atoms with Gasteiger partial charge in [-0.25, -0.2) is 0 Å². The Labute approximate surface area is 197 Å². The molecule has 1 nitrogen and oxygen atoms in total. The molecule has 0 unspecified atom stereocenters. The summed E-state index contributed by atoms with van der Waals surface area (Å²) in [4.78, 5) is 4.89. The molecule has 1 heterocycles. The standard InChI is InChI=1S/C28H33N.C2H6.CH4/c1-18-14-23-24(27(5,6)28(7,8)26(23,3)4)16-21(18)25-15-19(2)22(17-29-25)20-12-10-9-11-13-20;1-2;/h9-17H,1-8H3;1-2H3;1H4. The molecule has 0 radical (unpaired) electrons. The van der Waals surface area contributed by atoms with E-state index in [4.69, 9.17) is 4.98 Å². The minimum atomic E-state index is 0. The Morgan fingerprint density at radius 3 is 1.69 bits per heavy atom. The Kier molecular flexibility index (Phi) is 7.15. The van der Waals surface area contributed by atoms with E-state index in [0.717, 1.165) is 5.69 Å². The van der Waals surface area contributed by atoms with Crippen LogP contribution in [0.15, 0.2) is 54.7 Å². The summed E-state index contributed by atoms with van der Waals surface area (Å²) in [5, 5.41) is 0. The Bertz CT molecular complexity index is 1080. The Morgan fingerprint density at radius 2 is 1.16 bits per heavy atom. The molecular weight excluding hydrogens is 386 g/mol. The van der Waals surface area contributed by atoms with E-state index >= 15 is 0 Å². The molecule has 32 heavy (non-hydrogen) atoms. The number of fused-ring (bicyclic) bond motifs is 1. The van der Waals surface area contributed by atoms with E-state index in [1.54, 1.807) is 0 Å². The van der Waals surface area contributed by atoms with E-state index in [-0.39, 0.29) is 23.7 Å². The van der Waals surface area contributed by atoms with Crippen molar-refractivity contribution in [3.05, 3.63) is 77.0 Å². The fraction of sp³-hybridized carbons (Fsp3) is 0.452. The van der Waals surface area contributed by atoms with Crippen LogP contribution in [0.2, 0.25) is 0 Å². The van der Waals surface area contributed by atoms with Crippen molar-refractivity contribution >= 4 is 0 Å². The van der Waals surface area contributed by atoms with Crippen molar-refractivity contribution in [2.45, 2.75) is 87.5 Å². The molecule has 0 saturated heterocycles. The van der Waals surface area contributed by atoms with Gasteiger partial charge in [-0.05, 0) is 70.0 Å². The second kappa shape index (κ2) is 8.85. The highest BCUT2D eigenvalue weighted by Gasteiger charge is 2.56. The molecule has 3 aromatic rings. The highest BCUT2D eigenvalue weighted by atomic mass is 14.7. The smallest absolute Gasteiger partial charge is 0.0707 e. The van der Waals surface area contributed by atoms with E-state index in [9.17, 15) is 0 Å². The number of hydrogen-bond acceptors (Lipinski definition) is 1. The molecule has 0 N–H and O–H groups in total. The lowest BCUT2D eigenvalue weighted by Gasteiger charge is -2.44. The maximum atomic E-state index is 4.89. The number of aryl methyl sites for hydroxylation is 2. The van der Waals surface area contributed by atoms with Gasteiger partial charge in [0.1, 0.15) is 0 Å². The first-order valence-corrected chi connectivity index (χ1v) is 11.7. The van der Waals surface area contributed by atoms with Crippen LogP contribution in [-0.4, -0.2) is 4.98 Å². The van der Waals surface area contributed by atoms with E-state index < -0.39 is 0 Å². The summed E-state index contributed by atoms with van der Waals surface area (Å²) in [6.07, 6.45) is 2.03. The van der Waals surface area contributed by atoms with Gasteiger partial charge in [0.25, 0.3) is 0 Å². The molecular formula is C31H43N. The molecule has 0 fully saturated rings. The van der Waals surface area contributed by atoms with Crippen LogP contribution in [-0.2, 0) is 10.8 Å². The summed E-state index contributed by atoms with van der Waals surface area (Å²) in [6.45, 7) is 22.8. The molecule has 1 aliphatic rings. The van der Waals surface area contributed by atoms with Crippen LogP contribution in [0.1, 0.15) is 85.1 Å². The lowest BCUT2D eigenvalue weighted by Crippen LogP contribution is -2.42. The number of aromatic nitrogens is 1. The fourth-order valence-electron chi connectivity index (χ4n) is 5.10. The number of nitrogens with zero attached hydrogens (tertiary/aromatic N) is 1. The third-order valence-electron chi connectivity index (χ3n) is 8.31. The lowest BCUT2D eigenvalue weighted by atomic mass is 9.59. The van der Waals surface area contributed by atoms with Crippen LogP contribution >= 0.6 is 0 Å². The normalized spacial score (nSPS) is 16.9. The molecule has 0 atom stereocenters. The molecule has 0 spiro atoms. The molecule has 172 valence electrons. The van der Waals surface area contributed by atoms with Crippen LogP contribution in [0.3, 0.4) is 0 Å². The molecule has 0 saturated carbocycles. The zero-order chi connectivity index (χ0) is 23.2. The summed E-state index contributed by atoms with van der Waals surface area (Å²) in [5.41, 5.74) is 10.7. The fourth-order valence-corrected chi connectivity index (χ4v) is 5.10. The highest BCUT2D eigenvalue weighted by Crippen LogP contribution is 2.62. The molecule has 1 aliphatic carbocycles. The molecule has 4 rings (SSSR count). The van der Waals surface area contributed by atoms with Crippen LogP contribution in [0.4, 0.5) is 0 Å². The van der Waals surface area contributed by atoms with Gasteiger partial charge in [-0.3, -0.25) is 4.98 Å². The van der Waals surface area contributed by atoms with Gasteiger partial charge in [0.05, 0.1) is 5.69 Å². The number of benzene rings is 2. The first kappa shape index (κ1) is 25.8. The van der Waals surface area contributed by atoms with Gasteiger partial charge in [-0.2, -0.15) is 0 Å². The highest BCUT2D eigenvalue weighted by molar-refractivity contribution is 5.73. The van der Waals surface area contributed by atoms with Gasteiger partial charge in [0.2, 0.25) is 0 Å². The third-order valence-corrected chi connectivity index (χ3v) is 8.31. The van der Waals surface area contributed by atoms with Crippen LogP contribution in [0, 0.1) is 19.3 Å². The molecule has 0 amide bonds. The number of pyridine rings is 1. The van der Waals surface area contributed by atoms with Crippen molar-refractivity contribution in [2.24, 2.45) is 5.41 Å². The van der Waals surface area contributed by atoms with Gasteiger partial charge in [-0.15, -0.1) is 0 Å². The van der Waals surface area contributed by atoms with Crippen molar-refractivity contribution in [2.75, 3.05) is 0 Å². The van der Waals surface area contributed by atoms with Crippen molar-refractivity contribution in [1.82, 2.24) is 4.98 Å². The first-order chi connectivity index (χ1) is 14.5. The predicted molar refractivity (Wildman–Crippen MR) is 142 cm³/mol. The van der Waals surface area contributed by atoms with Gasteiger partial charge in [0.15, 0.2) is 0 Å². The van der Waals surface area contributed by atoms with Crippen LogP contribution < -0.4 is 0 Å². The van der Waals surface area contributed by atoms with Gasteiger partial charge in [-0.1, -0.05) is 99.2 Å². The Balaban J connectivity index is 0.00000118. The molecule has 1 heteroatoms. The van der Waals surface area contributed by atoms with E-state index in [0.29, 0.717) is 0 Å². The first-order valence-electron chi connectivity index (χ1n) is 11.7. The van der Waals surface area contributed by atoms with E-state index in [1.807, 2.05) is 20.0 Å². The average molecular weight is 430 g/mol. The second-order valence-electron chi connectivity index (χ2n) is 10.3. The average Bonchev–Trinajstić information content (AvgIpc) is 2.84. The minimum Gasteiger partial charge on any atom is -0.256 e. The summed E-state index contributed by atoms with van der Waals surface area (Å²) in [7, 11) is 0. The van der Waals surface area contributed by atoms with Crippen molar-refractivity contribution in [3.63, 3.8) is 0 Å². The van der Waals surface area contributed by atoms with Gasteiger partial charge in [0, 0.05) is 17.3 Å². The van der Waals surface area contributed by atoms with Gasteiger partial charge < -0.3 is 0 Å². The second-order valence-corrected chi connectivity index (χ2v) is 10.3. The zero-order valence-corrected chi connectivity index (χ0v) is 21.1. The van der Waals surface area contributed by atoms with Crippen LogP contribution in [0.25, 0.3) is 22.4 Å². The topological polar surface area (TPSA) is 12.9 Å². The van der Waals surface area contributed by atoms with E-state index in [2.05, 4.69) is 104 Å². The maximum absolute atomic E-state index is 4.89. The third kappa shape index (κ3) is 3.70. The summed E-state index contributed by atoms with van der Waals surface area (Å²) in [6, 6.07) is 17.6. The summed E-state index contributed by atoms with van der Waals surface area (Å²) >= 11 is 0. The zero-order valence-electron chi connectivity index (χ0n) is 21.1. The minimum absolute atomic E-state index is 0. The molecule has 2 aromatic carbocycles. The number of hydrogen-bond donors (Lipinski definition) is 0. The van der Waals surface area contributed by atoms with Crippen molar-refractivity contribution in [1.29, 1.82) is 0 Å². The molecule has 0 aliphatic heterocycles. The molecule has 1 aromatic heterocycles. The van der Waals surface area contributed by atoms with E-state index in [1.165, 1.54) is 38.9 Å². The summed E-state index contributed by atoms with van der Waals surface area (Å²) < 4.78 is 0. The quantitative estimate of drug-likeness (QED) is 0.395. The Morgan fingerprint density at radius 1 is 0.656 bits per heavy atom. The van der Waals surface area contributed by atoms with Crippen molar-refractivity contribution < 1.29 is 0 Å². The van der Waals surface area contributed by atoms with Gasteiger partial charge >= 0.3 is 0 Å². The Hall–Kier alpha value is -2.41. The summed E-state index contributed by atoms with van der Waals surface area (Å²) in [5.74, 6) is 0. The largest absolute Gasteiger partial charge is 0.256 e. The monoisotopic (exact) mass is 429 g/mol. The number of rotatable bonds is 2.